The van der Waals surface area contributed by atoms with E-state index in [9.17, 15) is 4.79 Å². The number of anilines is 1. The second-order valence-electron chi connectivity index (χ2n) is 7.01. The van der Waals surface area contributed by atoms with E-state index in [2.05, 4.69) is 15.5 Å². The van der Waals surface area contributed by atoms with E-state index in [1.54, 1.807) is 37.3 Å². The smallest absolute Gasteiger partial charge is 0.265 e. The maximum absolute atomic E-state index is 12.5. The third-order valence-electron chi connectivity index (χ3n) is 4.66. The number of nitrogens with one attached hydrogen (secondary N) is 1. The van der Waals surface area contributed by atoms with E-state index in [0.717, 1.165) is 16.7 Å². The molecule has 0 unspecified atom stereocenters. The van der Waals surface area contributed by atoms with Gasteiger partial charge in [0.25, 0.3) is 5.91 Å². The van der Waals surface area contributed by atoms with Crippen LogP contribution in [0.3, 0.4) is 0 Å². The number of aryl methyl sites for hydroxylation is 1. The molecule has 156 valence electrons. The van der Waals surface area contributed by atoms with Crippen molar-refractivity contribution in [3.8, 4) is 28.7 Å². The monoisotopic (exact) mass is 433 g/mol. The van der Waals surface area contributed by atoms with Gasteiger partial charge < -0.3 is 14.5 Å². The van der Waals surface area contributed by atoms with Gasteiger partial charge in [0.1, 0.15) is 5.75 Å². The summed E-state index contributed by atoms with van der Waals surface area (Å²) in [5.74, 6) is 1.22. The molecule has 4 aromatic rings. The number of rotatable bonds is 6. The van der Waals surface area contributed by atoms with Crippen molar-refractivity contribution in [2.24, 2.45) is 0 Å². The van der Waals surface area contributed by atoms with Gasteiger partial charge in [-0.15, -0.1) is 10.2 Å². The Morgan fingerprint density at radius 3 is 2.26 bits per heavy atom. The summed E-state index contributed by atoms with van der Waals surface area (Å²) in [4.78, 5) is 12.5. The second kappa shape index (κ2) is 9.02. The molecule has 0 bridgehead atoms. The molecule has 4 rings (SSSR count). The summed E-state index contributed by atoms with van der Waals surface area (Å²) in [6, 6.07) is 22.0. The van der Waals surface area contributed by atoms with Gasteiger partial charge in [-0.25, -0.2) is 0 Å². The Morgan fingerprint density at radius 2 is 1.61 bits per heavy atom. The van der Waals surface area contributed by atoms with Crippen molar-refractivity contribution in [1.29, 1.82) is 0 Å². The van der Waals surface area contributed by atoms with Crippen molar-refractivity contribution < 1.29 is 13.9 Å². The summed E-state index contributed by atoms with van der Waals surface area (Å²) in [5, 5.41) is 11.7. The maximum atomic E-state index is 12.5. The minimum atomic E-state index is -0.677. The third kappa shape index (κ3) is 4.92. The third-order valence-corrected chi connectivity index (χ3v) is 4.89. The Hall–Kier alpha value is -3.64. The SMILES string of the molecule is Cc1cc(Cl)ccc1O[C@H](C)C(=O)Nc1ccc(-c2nnc(-c3ccccc3)o2)cc1. The number of hydrogen-bond acceptors (Lipinski definition) is 5. The maximum Gasteiger partial charge on any atom is 0.265 e. The van der Waals surface area contributed by atoms with Gasteiger partial charge in [0, 0.05) is 21.8 Å². The van der Waals surface area contributed by atoms with E-state index >= 15 is 0 Å². The van der Waals surface area contributed by atoms with E-state index in [1.165, 1.54) is 0 Å². The van der Waals surface area contributed by atoms with Gasteiger partial charge in [0.2, 0.25) is 11.8 Å². The molecule has 31 heavy (non-hydrogen) atoms. The molecule has 7 heteroatoms. The molecule has 0 aliphatic rings. The first kappa shape index (κ1) is 20.6. The Balaban J connectivity index is 1.40. The Kier molecular flexibility index (Phi) is 6.00. The molecule has 1 atom stereocenters. The zero-order valence-electron chi connectivity index (χ0n) is 17.0. The highest BCUT2D eigenvalue weighted by Crippen LogP contribution is 2.25. The lowest BCUT2D eigenvalue weighted by molar-refractivity contribution is -0.122. The van der Waals surface area contributed by atoms with E-state index in [4.69, 9.17) is 20.8 Å². The van der Waals surface area contributed by atoms with E-state index in [1.807, 2.05) is 49.4 Å². The van der Waals surface area contributed by atoms with Crippen LogP contribution < -0.4 is 10.1 Å². The lowest BCUT2D eigenvalue weighted by Gasteiger charge is -2.16. The normalized spacial score (nSPS) is 11.7. The van der Waals surface area contributed by atoms with Crippen LogP contribution in [0.5, 0.6) is 5.75 Å². The number of ether oxygens (including phenoxy) is 1. The highest BCUT2D eigenvalue weighted by atomic mass is 35.5. The predicted molar refractivity (Wildman–Crippen MR) is 120 cm³/mol. The van der Waals surface area contributed by atoms with Crippen LogP contribution in [0.1, 0.15) is 12.5 Å². The van der Waals surface area contributed by atoms with Crippen LogP contribution in [-0.4, -0.2) is 22.2 Å². The quantitative estimate of drug-likeness (QED) is 0.417. The number of nitrogens with zero attached hydrogens (tertiary/aromatic N) is 2. The summed E-state index contributed by atoms with van der Waals surface area (Å²) in [5.41, 5.74) is 3.12. The molecule has 0 aliphatic heterocycles. The number of carbonyl (C=O) groups excluding carboxylic acids is 1. The molecule has 0 saturated heterocycles. The lowest BCUT2D eigenvalue weighted by atomic mass is 10.2. The van der Waals surface area contributed by atoms with Crippen LogP contribution in [0.4, 0.5) is 5.69 Å². The van der Waals surface area contributed by atoms with Gasteiger partial charge in [-0.05, 0) is 74.0 Å². The molecular weight excluding hydrogens is 414 g/mol. The minimum Gasteiger partial charge on any atom is -0.481 e. The summed E-state index contributed by atoms with van der Waals surface area (Å²) in [6.07, 6.45) is -0.677. The zero-order chi connectivity index (χ0) is 21.8. The van der Waals surface area contributed by atoms with E-state index in [-0.39, 0.29) is 5.91 Å². The van der Waals surface area contributed by atoms with Crippen LogP contribution in [0.15, 0.2) is 77.2 Å². The summed E-state index contributed by atoms with van der Waals surface area (Å²) in [6.45, 7) is 3.58. The summed E-state index contributed by atoms with van der Waals surface area (Å²) >= 11 is 5.96. The second-order valence-corrected chi connectivity index (χ2v) is 7.45. The fourth-order valence-electron chi connectivity index (χ4n) is 2.97. The molecule has 3 aromatic carbocycles. The average molecular weight is 434 g/mol. The van der Waals surface area contributed by atoms with Crippen molar-refractivity contribution >= 4 is 23.2 Å². The van der Waals surface area contributed by atoms with Crippen molar-refractivity contribution in [3.05, 3.63) is 83.4 Å². The summed E-state index contributed by atoms with van der Waals surface area (Å²) < 4.78 is 11.5. The zero-order valence-corrected chi connectivity index (χ0v) is 17.8. The Labute approximate surface area is 184 Å². The molecule has 0 radical (unpaired) electrons. The predicted octanol–water partition coefficient (Wildman–Crippen LogP) is 5.77. The Morgan fingerprint density at radius 1 is 0.968 bits per heavy atom. The van der Waals surface area contributed by atoms with Crippen molar-refractivity contribution in [2.75, 3.05) is 5.32 Å². The number of hydrogen-bond donors (Lipinski definition) is 1. The van der Waals surface area contributed by atoms with Gasteiger partial charge in [-0.3, -0.25) is 4.79 Å². The van der Waals surface area contributed by atoms with Crippen molar-refractivity contribution in [2.45, 2.75) is 20.0 Å². The fraction of sp³-hybridized carbons (Fsp3) is 0.125. The first-order valence-corrected chi connectivity index (χ1v) is 10.1. The van der Waals surface area contributed by atoms with Crippen LogP contribution in [0.2, 0.25) is 5.02 Å². The molecule has 0 fully saturated rings. The molecule has 1 amide bonds. The van der Waals surface area contributed by atoms with Crippen LogP contribution in [0.25, 0.3) is 22.9 Å². The molecule has 6 nitrogen and oxygen atoms in total. The minimum absolute atomic E-state index is 0.258. The van der Waals surface area contributed by atoms with Crippen LogP contribution in [0, 0.1) is 6.92 Å². The number of carbonyl (C=O) groups is 1. The fourth-order valence-corrected chi connectivity index (χ4v) is 3.19. The lowest BCUT2D eigenvalue weighted by Crippen LogP contribution is -2.30. The molecular formula is C24H20ClN3O3. The number of benzene rings is 3. The number of amides is 1. The molecule has 0 spiro atoms. The Bertz CT molecular complexity index is 1190. The highest BCUT2D eigenvalue weighted by molar-refractivity contribution is 6.30. The molecule has 0 saturated carbocycles. The number of halogens is 1. The van der Waals surface area contributed by atoms with Crippen LogP contribution >= 0.6 is 11.6 Å². The van der Waals surface area contributed by atoms with Gasteiger partial charge in [-0.1, -0.05) is 29.8 Å². The van der Waals surface area contributed by atoms with Crippen LogP contribution in [-0.2, 0) is 4.79 Å². The van der Waals surface area contributed by atoms with E-state index in [0.29, 0.717) is 28.2 Å². The van der Waals surface area contributed by atoms with Crippen molar-refractivity contribution in [3.63, 3.8) is 0 Å². The first-order chi connectivity index (χ1) is 15.0. The van der Waals surface area contributed by atoms with Crippen molar-refractivity contribution in [1.82, 2.24) is 10.2 Å². The first-order valence-electron chi connectivity index (χ1n) is 9.72. The summed E-state index contributed by atoms with van der Waals surface area (Å²) in [7, 11) is 0. The standard InChI is InChI=1S/C24H20ClN3O3/c1-15-14-19(25)10-13-21(15)30-16(2)22(29)26-20-11-8-18(9-12-20)24-28-27-23(31-24)17-6-4-3-5-7-17/h3-14,16H,1-2H3,(H,26,29)/t16-/m1/s1. The van der Waals surface area contributed by atoms with E-state index < -0.39 is 6.10 Å². The van der Waals surface area contributed by atoms with Gasteiger partial charge in [-0.2, -0.15) is 0 Å². The van der Waals surface area contributed by atoms with Gasteiger partial charge in [0.15, 0.2) is 6.10 Å². The molecule has 0 aliphatic carbocycles. The largest absolute Gasteiger partial charge is 0.481 e. The molecule has 1 N–H and O–H groups in total. The van der Waals surface area contributed by atoms with Gasteiger partial charge >= 0.3 is 0 Å². The molecule has 1 heterocycles. The number of aromatic nitrogens is 2. The topological polar surface area (TPSA) is 77.2 Å². The molecule has 1 aromatic heterocycles. The van der Waals surface area contributed by atoms with Gasteiger partial charge in [0.05, 0.1) is 0 Å². The highest BCUT2D eigenvalue weighted by Gasteiger charge is 2.16. The average Bonchev–Trinajstić information content (AvgIpc) is 3.27.